The highest BCUT2D eigenvalue weighted by Crippen LogP contribution is 2.21. The fraction of sp³-hybridized carbons (Fsp3) is 0.500. The van der Waals surface area contributed by atoms with Crippen LogP contribution in [0.1, 0.15) is 18.3 Å². The van der Waals surface area contributed by atoms with Gasteiger partial charge in [0.05, 0.1) is 19.0 Å². The van der Waals surface area contributed by atoms with Crippen molar-refractivity contribution in [3.05, 3.63) is 34.6 Å². The molecule has 0 saturated carbocycles. The average molecular weight is 411 g/mol. The van der Waals surface area contributed by atoms with Gasteiger partial charge in [0.15, 0.2) is 11.0 Å². The number of thioether (sulfide) groups is 1. The Morgan fingerprint density at radius 2 is 2.15 bits per heavy atom. The summed E-state index contributed by atoms with van der Waals surface area (Å²) in [6.07, 6.45) is 0. The van der Waals surface area contributed by atoms with Crippen LogP contribution in [-0.4, -0.2) is 52.7 Å². The standard InChI is InChI=1S/C18H24ClN5O2S/c1-3-24-16(11-23-6-8-26-9-7-23)21-22-18(24)27-12-17(25)20-15-10-14(19)5-4-13(15)2/h4-5,10H,3,6-9,11-12H2,1-2H3,(H,20,25)/p+1. The lowest BCUT2D eigenvalue weighted by Gasteiger charge is -2.23. The van der Waals surface area contributed by atoms with E-state index in [-0.39, 0.29) is 11.7 Å². The molecule has 7 nitrogen and oxygen atoms in total. The molecule has 0 atom stereocenters. The zero-order valence-electron chi connectivity index (χ0n) is 15.6. The molecule has 0 bridgehead atoms. The fourth-order valence-electron chi connectivity index (χ4n) is 2.98. The van der Waals surface area contributed by atoms with Gasteiger partial charge in [-0.25, -0.2) is 0 Å². The lowest BCUT2D eigenvalue weighted by atomic mass is 10.2. The van der Waals surface area contributed by atoms with Crippen molar-refractivity contribution in [2.45, 2.75) is 32.1 Å². The number of nitrogens with one attached hydrogen (secondary N) is 2. The molecule has 0 radical (unpaired) electrons. The van der Waals surface area contributed by atoms with Gasteiger partial charge in [0, 0.05) is 17.3 Å². The van der Waals surface area contributed by atoms with Crippen molar-refractivity contribution in [2.75, 3.05) is 37.4 Å². The van der Waals surface area contributed by atoms with Gasteiger partial charge >= 0.3 is 0 Å². The molecule has 1 aliphatic heterocycles. The Hall–Kier alpha value is -1.61. The van der Waals surface area contributed by atoms with Gasteiger partial charge in [0.25, 0.3) is 0 Å². The van der Waals surface area contributed by atoms with E-state index in [4.69, 9.17) is 16.3 Å². The molecule has 2 aromatic rings. The van der Waals surface area contributed by atoms with E-state index in [1.54, 1.807) is 6.07 Å². The number of carbonyl (C=O) groups excluding carboxylic acids is 1. The van der Waals surface area contributed by atoms with Crippen molar-refractivity contribution < 1.29 is 14.4 Å². The molecule has 0 aliphatic carbocycles. The lowest BCUT2D eigenvalue weighted by molar-refractivity contribution is -0.922. The molecule has 1 aromatic carbocycles. The number of hydrogen-bond acceptors (Lipinski definition) is 5. The van der Waals surface area contributed by atoms with E-state index in [1.165, 1.54) is 16.7 Å². The number of aromatic nitrogens is 3. The quantitative estimate of drug-likeness (QED) is 0.675. The number of carbonyl (C=O) groups is 1. The number of rotatable bonds is 7. The molecule has 0 spiro atoms. The summed E-state index contributed by atoms with van der Waals surface area (Å²) in [6.45, 7) is 9.18. The second-order valence-corrected chi connectivity index (χ2v) is 7.86. The van der Waals surface area contributed by atoms with Crippen LogP contribution in [0.15, 0.2) is 23.4 Å². The maximum atomic E-state index is 12.3. The summed E-state index contributed by atoms with van der Waals surface area (Å²) >= 11 is 7.41. The Balaban J connectivity index is 1.58. The lowest BCUT2D eigenvalue weighted by Crippen LogP contribution is -3.12. The predicted molar refractivity (Wildman–Crippen MR) is 106 cm³/mol. The normalized spacial score (nSPS) is 15.1. The maximum absolute atomic E-state index is 12.3. The number of nitrogens with zero attached hydrogens (tertiary/aromatic N) is 3. The summed E-state index contributed by atoms with van der Waals surface area (Å²) in [7, 11) is 0. The van der Waals surface area contributed by atoms with Crippen molar-refractivity contribution in [1.29, 1.82) is 0 Å². The van der Waals surface area contributed by atoms with Crippen molar-refractivity contribution in [1.82, 2.24) is 14.8 Å². The SMILES string of the molecule is CCn1c(C[NH+]2CCOCC2)nnc1SCC(=O)Nc1cc(Cl)ccc1C. The van der Waals surface area contributed by atoms with Crippen LogP contribution in [0.5, 0.6) is 0 Å². The third-order valence-corrected chi connectivity index (χ3v) is 5.73. The van der Waals surface area contributed by atoms with E-state index in [2.05, 4.69) is 27.0 Å². The molecule has 27 heavy (non-hydrogen) atoms. The van der Waals surface area contributed by atoms with E-state index in [0.717, 1.165) is 61.6 Å². The number of quaternary nitrogens is 1. The first kappa shape index (κ1) is 20.1. The summed E-state index contributed by atoms with van der Waals surface area (Å²) in [4.78, 5) is 13.8. The molecule has 3 rings (SSSR count). The van der Waals surface area contributed by atoms with Crippen LogP contribution in [0.3, 0.4) is 0 Å². The van der Waals surface area contributed by atoms with Gasteiger partial charge in [-0.15, -0.1) is 10.2 Å². The number of halogens is 1. The number of benzene rings is 1. The zero-order valence-corrected chi connectivity index (χ0v) is 17.2. The molecular formula is C18H25ClN5O2S+. The Bertz CT molecular complexity index is 792. The van der Waals surface area contributed by atoms with E-state index in [0.29, 0.717) is 5.02 Å². The first-order valence-corrected chi connectivity index (χ1v) is 10.5. The number of hydrogen-bond donors (Lipinski definition) is 2. The van der Waals surface area contributed by atoms with E-state index in [1.807, 2.05) is 19.1 Å². The van der Waals surface area contributed by atoms with Crippen molar-refractivity contribution in [3.8, 4) is 0 Å². The summed E-state index contributed by atoms with van der Waals surface area (Å²) < 4.78 is 7.50. The highest BCUT2D eigenvalue weighted by Gasteiger charge is 2.20. The summed E-state index contributed by atoms with van der Waals surface area (Å²) in [5, 5.41) is 12.9. The first-order chi connectivity index (χ1) is 13.1. The Morgan fingerprint density at radius 3 is 2.89 bits per heavy atom. The van der Waals surface area contributed by atoms with Crippen LogP contribution < -0.4 is 10.2 Å². The second-order valence-electron chi connectivity index (χ2n) is 6.48. The Morgan fingerprint density at radius 1 is 1.37 bits per heavy atom. The number of amides is 1. The number of ether oxygens (including phenoxy) is 1. The average Bonchev–Trinajstić information content (AvgIpc) is 3.05. The van der Waals surface area contributed by atoms with Crippen LogP contribution >= 0.6 is 23.4 Å². The maximum Gasteiger partial charge on any atom is 0.234 e. The Kier molecular flexibility index (Phi) is 7.12. The summed E-state index contributed by atoms with van der Waals surface area (Å²) in [5.74, 6) is 1.15. The largest absolute Gasteiger partial charge is 0.370 e. The van der Waals surface area contributed by atoms with Gasteiger partial charge in [-0.1, -0.05) is 29.4 Å². The minimum absolute atomic E-state index is 0.0867. The van der Waals surface area contributed by atoms with Crippen LogP contribution in [0.2, 0.25) is 5.02 Å². The van der Waals surface area contributed by atoms with Crippen molar-refractivity contribution >= 4 is 35.0 Å². The van der Waals surface area contributed by atoms with Gasteiger partial charge in [-0.2, -0.15) is 0 Å². The number of morpholine rings is 1. The topological polar surface area (TPSA) is 73.5 Å². The summed E-state index contributed by atoms with van der Waals surface area (Å²) in [5.41, 5.74) is 1.71. The van der Waals surface area contributed by atoms with Crippen molar-refractivity contribution in [2.24, 2.45) is 0 Å². The van der Waals surface area contributed by atoms with Gasteiger partial charge in [0.1, 0.15) is 19.6 Å². The minimum atomic E-state index is -0.0867. The number of anilines is 1. The third kappa shape index (κ3) is 5.44. The molecule has 1 aliphatic rings. The molecule has 0 unspecified atom stereocenters. The van der Waals surface area contributed by atoms with Crippen LogP contribution in [0, 0.1) is 6.92 Å². The van der Waals surface area contributed by atoms with E-state index >= 15 is 0 Å². The Labute approximate surface area is 168 Å². The van der Waals surface area contributed by atoms with Gasteiger partial charge < -0.3 is 19.5 Å². The monoisotopic (exact) mass is 410 g/mol. The smallest absolute Gasteiger partial charge is 0.234 e. The first-order valence-electron chi connectivity index (χ1n) is 9.09. The highest BCUT2D eigenvalue weighted by atomic mass is 35.5. The highest BCUT2D eigenvalue weighted by molar-refractivity contribution is 7.99. The number of aryl methyl sites for hydroxylation is 1. The fourth-order valence-corrected chi connectivity index (χ4v) is 3.97. The zero-order chi connectivity index (χ0) is 19.2. The molecule has 9 heteroatoms. The van der Waals surface area contributed by atoms with Crippen LogP contribution in [0.25, 0.3) is 0 Å². The van der Waals surface area contributed by atoms with Gasteiger partial charge in [0.2, 0.25) is 5.91 Å². The molecule has 1 saturated heterocycles. The second kappa shape index (κ2) is 9.54. The molecule has 2 heterocycles. The van der Waals surface area contributed by atoms with E-state index < -0.39 is 0 Å². The van der Waals surface area contributed by atoms with Crippen LogP contribution in [0.4, 0.5) is 5.69 Å². The molecular weight excluding hydrogens is 386 g/mol. The van der Waals surface area contributed by atoms with E-state index in [9.17, 15) is 4.79 Å². The molecule has 146 valence electrons. The molecule has 1 amide bonds. The van der Waals surface area contributed by atoms with Gasteiger partial charge in [-0.3, -0.25) is 4.79 Å². The van der Waals surface area contributed by atoms with Crippen LogP contribution in [-0.2, 0) is 22.6 Å². The minimum Gasteiger partial charge on any atom is -0.370 e. The molecule has 1 aromatic heterocycles. The summed E-state index contributed by atoms with van der Waals surface area (Å²) in [6, 6.07) is 5.46. The van der Waals surface area contributed by atoms with Gasteiger partial charge in [-0.05, 0) is 31.5 Å². The molecule has 1 fully saturated rings. The van der Waals surface area contributed by atoms with Crippen molar-refractivity contribution in [3.63, 3.8) is 0 Å². The molecule has 2 N–H and O–H groups in total. The third-order valence-electron chi connectivity index (χ3n) is 4.52. The predicted octanol–water partition coefficient (Wildman–Crippen LogP) is 1.41.